The first-order valence-electron chi connectivity index (χ1n) is 10.3. The van der Waals surface area contributed by atoms with Crippen LogP contribution in [-0.4, -0.2) is 62.6 Å². The van der Waals surface area contributed by atoms with Crippen LogP contribution in [0.1, 0.15) is 22.3 Å². The molecule has 0 aliphatic carbocycles. The third kappa shape index (κ3) is 7.10. The van der Waals surface area contributed by atoms with Crippen LogP contribution in [0.3, 0.4) is 0 Å². The van der Waals surface area contributed by atoms with E-state index in [1.165, 1.54) is 11.8 Å². The Kier molecular flexibility index (Phi) is 7.33. The fraction of sp³-hybridized carbons (Fsp3) is 0.391. The van der Waals surface area contributed by atoms with Crippen molar-refractivity contribution in [2.75, 3.05) is 32.4 Å². The Balaban J connectivity index is 1.42. The second-order valence-corrected chi connectivity index (χ2v) is 10.2. The molecule has 31 heavy (non-hydrogen) atoms. The largest absolute Gasteiger partial charge is 0.339 e. The van der Waals surface area contributed by atoms with Gasteiger partial charge in [0.1, 0.15) is 0 Å². The summed E-state index contributed by atoms with van der Waals surface area (Å²) >= 11 is 0. The fourth-order valence-electron chi connectivity index (χ4n) is 3.50. The standard InChI is InChI=1S/C23H29N3O4S/c1-18-3-5-19(6-4-18)15-22(27)25-11-13-26(14-12-25)23(28)24-16-20-7-9-21(10-8-20)17-31(2,29)30/h3-10H,11-17H2,1-2H3,(H,24,28). The Morgan fingerprint density at radius 1 is 0.839 bits per heavy atom. The van der Waals surface area contributed by atoms with E-state index in [-0.39, 0.29) is 17.7 Å². The number of hydrogen-bond acceptors (Lipinski definition) is 4. The first-order valence-corrected chi connectivity index (χ1v) is 12.4. The predicted molar refractivity (Wildman–Crippen MR) is 120 cm³/mol. The van der Waals surface area contributed by atoms with Gasteiger partial charge in [0.2, 0.25) is 5.91 Å². The second kappa shape index (κ2) is 9.96. The first-order chi connectivity index (χ1) is 14.7. The van der Waals surface area contributed by atoms with E-state index < -0.39 is 9.84 Å². The van der Waals surface area contributed by atoms with E-state index >= 15 is 0 Å². The van der Waals surface area contributed by atoms with E-state index in [1.54, 1.807) is 17.0 Å². The van der Waals surface area contributed by atoms with Crippen LogP contribution in [0.2, 0.25) is 0 Å². The third-order valence-corrected chi connectivity index (χ3v) is 6.15. The van der Waals surface area contributed by atoms with Crippen LogP contribution in [0.25, 0.3) is 0 Å². The van der Waals surface area contributed by atoms with Gasteiger partial charge in [-0.2, -0.15) is 0 Å². The molecule has 0 spiro atoms. The maximum atomic E-state index is 12.5. The molecule has 0 atom stereocenters. The number of amides is 3. The van der Waals surface area contributed by atoms with Gasteiger partial charge in [0.05, 0.1) is 12.2 Å². The second-order valence-electron chi connectivity index (χ2n) is 8.08. The van der Waals surface area contributed by atoms with E-state index in [2.05, 4.69) is 5.32 Å². The van der Waals surface area contributed by atoms with Gasteiger partial charge in [-0.3, -0.25) is 4.79 Å². The molecule has 0 unspecified atom stereocenters. The van der Waals surface area contributed by atoms with Gasteiger partial charge in [-0.05, 0) is 23.6 Å². The van der Waals surface area contributed by atoms with E-state index in [0.29, 0.717) is 39.1 Å². The molecule has 1 aliphatic heterocycles. The molecular formula is C23H29N3O4S. The quantitative estimate of drug-likeness (QED) is 0.741. The molecule has 1 aliphatic rings. The molecule has 2 aromatic rings. The topological polar surface area (TPSA) is 86.8 Å². The highest BCUT2D eigenvalue weighted by atomic mass is 32.2. The molecule has 1 N–H and O–H groups in total. The lowest BCUT2D eigenvalue weighted by atomic mass is 10.1. The number of rotatable bonds is 6. The van der Waals surface area contributed by atoms with E-state index in [4.69, 9.17) is 0 Å². The van der Waals surface area contributed by atoms with Crippen molar-refractivity contribution in [2.24, 2.45) is 0 Å². The first kappa shape index (κ1) is 22.8. The van der Waals surface area contributed by atoms with Crippen molar-refractivity contribution in [2.45, 2.75) is 25.6 Å². The maximum absolute atomic E-state index is 12.5. The molecule has 2 aromatic carbocycles. The number of nitrogens with one attached hydrogen (secondary N) is 1. The molecule has 7 nitrogen and oxygen atoms in total. The van der Waals surface area contributed by atoms with Crippen molar-refractivity contribution in [3.05, 3.63) is 70.8 Å². The number of hydrogen-bond donors (Lipinski definition) is 1. The van der Waals surface area contributed by atoms with Crippen LogP contribution in [0, 0.1) is 6.92 Å². The van der Waals surface area contributed by atoms with Crippen molar-refractivity contribution < 1.29 is 18.0 Å². The average molecular weight is 444 g/mol. The molecule has 1 heterocycles. The van der Waals surface area contributed by atoms with Gasteiger partial charge < -0.3 is 15.1 Å². The minimum Gasteiger partial charge on any atom is -0.339 e. The summed E-state index contributed by atoms with van der Waals surface area (Å²) in [5.74, 6) is 0.0881. The molecule has 166 valence electrons. The molecule has 3 rings (SSSR count). The van der Waals surface area contributed by atoms with Crippen LogP contribution < -0.4 is 5.32 Å². The average Bonchev–Trinajstić information content (AvgIpc) is 2.73. The Bertz CT molecular complexity index is 1010. The highest BCUT2D eigenvalue weighted by Crippen LogP contribution is 2.10. The highest BCUT2D eigenvalue weighted by molar-refractivity contribution is 7.89. The number of urea groups is 1. The molecule has 1 saturated heterocycles. The van der Waals surface area contributed by atoms with Crippen molar-refractivity contribution in [3.63, 3.8) is 0 Å². The van der Waals surface area contributed by atoms with Gasteiger partial charge in [0.15, 0.2) is 9.84 Å². The molecule has 0 radical (unpaired) electrons. The molecule has 0 saturated carbocycles. The van der Waals surface area contributed by atoms with Crippen LogP contribution in [0.15, 0.2) is 48.5 Å². The predicted octanol–water partition coefficient (Wildman–Crippen LogP) is 2.14. The molecular weight excluding hydrogens is 414 g/mol. The van der Waals surface area contributed by atoms with Crippen molar-refractivity contribution in [1.29, 1.82) is 0 Å². The smallest absolute Gasteiger partial charge is 0.317 e. The fourth-order valence-corrected chi connectivity index (χ4v) is 4.29. The lowest BCUT2D eigenvalue weighted by Crippen LogP contribution is -2.53. The Hall–Kier alpha value is -2.87. The van der Waals surface area contributed by atoms with E-state index in [0.717, 1.165) is 16.7 Å². The van der Waals surface area contributed by atoms with Gasteiger partial charge in [0, 0.05) is 39.0 Å². The van der Waals surface area contributed by atoms with Gasteiger partial charge >= 0.3 is 6.03 Å². The zero-order chi connectivity index (χ0) is 22.4. The summed E-state index contributed by atoms with van der Waals surface area (Å²) in [6.45, 7) is 4.43. The zero-order valence-electron chi connectivity index (χ0n) is 18.0. The Morgan fingerprint density at radius 2 is 1.35 bits per heavy atom. The summed E-state index contributed by atoms with van der Waals surface area (Å²) in [7, 11) is -3.06. The number of piperazine rings is 1. The highest BCUT2D eigenvalue weighted by Gasteiger charge is 2.24. The van der Waals surface area contributed by atoms with Gasteiger partial charge in [-0.15, -0.1) is 0 Å². The van der Waals surface area contributed by atoms with E-state index in [1.807, 2.05) is 48.2 Å². The molecule has 3 amide bonds. The minimum absolute atomic E-state index is 0.00650. The van der Waals surface area contributed by atoms with Crippen molar-refractivity contribution in [1.82, 2.24) is 15.1 Å². The van der Waals surface area contributed by atoms with Crippen molar-refractivity contribution >= 4 is 21.8 Å². The summed E-state index contributed by atoms with van der Waals surface area (Å²) in [4.78, 5) is 28.5. The maximum Gasteiger partial charge on any atom is 0.317 e. The Morgan fingerprint density at radius 3 is 1.94 bits per heavy atom. The van der Waals surface area contributed by atoms with Crippen LogP contribution in [-0.2, 0) is 33.4 Å². The minimum atomic E-state index is -3.06. The van der Waals surface area contributed by atoms with Crippen LogP contribution in [0.5, 0.6) is 0 Å². The molecule has 0 bridgehead atoms. The summed E-state index contributed by atoms with van der Waals surface area (Å²) in [6.07, 6.45) is 1.58. The van der Waals surface area contributed by atoms with E-state index in [9.17, 15) is 18.0 Å². The lowest BCUT2D eigenvalue weighted by molar-refractivity contribution is -0.131. The number of carbonyl (C=O) groups excluding carboxylic acids is 2. The molecule has 0 aromatic heterocycles. The lowest BCUT2D eigenvalue weighted by Gasteiger charge is -2.34. The van der Waals surface area contributed by atoms with Crippen LogP contribution >= 0.6 is 0 Å². The summed E-state index contributed by atoms with van der Waals surface area (Å²) in [5.41, 5.74) is 3.79. The van der Waals surface area contributed by atoms with Crippen LogP contribution in [0.4, 0.5) is 4.79 Å². The van der Waals surface area contributed by atoms with Crippen molar-refractivity contribution in [3.8, 4) is 0 Å². The molecule has 1 fully saturated rings. The van der Waals surface area contributed by atoms with Gasteiger partial charge in [-0.25, -0.2) is 13.2 Å². The summed E-state index contributed by atoms with van der Waals surface area (Å²) in [5, 5.41) is 2.89. The number of nitrogens with zero attached hydrogens (tertiary/aromatic N) is 2. The normalized spacial score (nSPS) is 14.4. The molecule has 8 heteroatoms. The number of carbonyl (C=O) groups is 2. The monoisotopic (exact) mass is 443 g/mol. The summed E-state index contributed by atoms with van der Waals surface area (Å²) in [6, 6.07) is 15.0. The number of aryl methyl sites for hydroxylation is 1. The third-order valence-electron chi connectivity index (χ3n) is 5.29. The summed E-state index contributed by atoms with van der Waals surface area (Å²) < 4.78 is 22.7. The SMILES string of the molecule is Cc1ccc(CC(=O)N2CCN(C(=O)NCc3ccc(CS(C)(=O)=O)cc3)CC2)cc1. The number of benzene rings is 2. The zero-order valence-corrected chi connectivity index (χ0v) is 18.8. The number of sulfone groups is 1. The van der Waals surface area contributed by atoms with Gasteiger partial charge in [-0.1, -0.05) is 54.1 Å². The Labute approximate surface area is 184 Å². The van der Waals surface area contributed by atoms with Gasteiger partial charge in [0.25, 0.3) is 0 Å².